The molecule has 1 aromatic rings. The molecular formula is C13H21NO3. The molecule has 2 atom stereocenters. The van der Waals surface area contributed by atoms with Crippen molar-refractivity contribution in [3.8, 4) is 5.75 Å². The zero-order valence-electron chi connectivity index (χ0n) is 10.4. The zero-order valence-corrected chi connectivity index (χ0v) is 10.4. The first kappa shape index (κ1) is 14.0. The first-order valence-corrected chi connectivity index (χ1v) is 5.88. The van der Waals surface area contributed by atoms with Crippen molar-refractivity contribution < 1.29 is 14.6 Å². The van der Waals surface area contributed by atoms with E-state index < -0.39 is 6.10 Å². The maximum absolute atomic E-state index is 9.59. The molecule has 0 saturated heterocycles. The van der Waals surface area contributed by atoms with E-state index in [2.05, 4.69) is 0 Å². The number of rotatable bonds is 7. The lowest BCUT2D eigenvalue weighted by Gasteiger charge is -2.16. The van der Waals surface area contributed by atoms with Crippen LogP contribution in [0.4, 0.5) is 0 Å². The Morgan fingerprint density at radius 1 is 1.29 bits per heavy atom. The SMILES string of the molecule is CCOCC(O)COc1ccccc1[C@@H](C)N. The number of aliphatic hydroxyl groups excluding tert-OH is 1. The van der Waals surface area contributed by atoms with Crippen molar-refractivity contribution in [2.45, 2.75) is 26.0 Å². The van der Waals surface area contributed by atoms with Crippen LogP contribution in [-0.4, -0.2) is 31.0 Å². The molecule has 0 aliphatic heterocycles. The van der Waals surface area contributed by atoms with Crippen molar-refractivity contribution in [1.82, 2.24) is 0 Å². The average Bonchev–Trinajstić information content (AvgIpc) is 2.34. The summed E-state index contributed by atoms with van der Waals surface area (Å²) >= 11 is 0. The van der Waals surface area contributed by atoms with Crippen LogP contribution in [0, 0.1) is 0 Å². The molecule has 1 aromatic carbocycles. The van der Waals surface area contributed by atoms with Crippen molar-refractivity contribution in [2.24, 2.45) is 5.73 Å². The summed E-state index contributed by atoms with van der Waals surface area (Å²) in [5, 5.41) is 9.59. The second-order valence-corrected chi connectivity index (χ2v) is 3.95. The molecule has 0 heterocycles. The molecule has 0 radical (unpaired) electrons. The van der Waals surface area contributed by atoms with Crippen molar-refractivity contribution in [2.75, 3.05) is 19.8 Å². The first-order chi connectivity index (χ1) is 8.15. The molecule has 1 rings (SSSR count). The van der Waals surface area contributed by atoms with Crippen LogP contribution in [0.15, 0.2) is 24.3 Å². The molecular weight excluding hydrogens is 218 g/mol. The van der Waals surface area contributed by atoms with Gasteiger partial charge in [-0.25, -0.2) is 0 Å². The predicted molar refractivity (Wildman–Crippen MR) is 67.0 cm³/mol. The monoisotopic (exact) mass is 239 g/mol. The van der Waals surface area contributed by atoms with Gasteiger partial charge in [-0.05, 0) is 19.9 Å². The predicted octanol–water partition coefficient (Wildman–Crippen LogP) is 1.48. The molecule has 17 heavy (non-hydrogen) atoms. The smallest absolute Gasteiger partial charge is 0.124 e. The van der Waals surface area contributed by atoms with E-state index in [0.717, 1.165) is 11.3 Å². The molecule has 4 nitrogen and oxygen atoms in total. The van der Waals surface area contributed by atoms with Crippen molar-refractivity contribution in [3.05, 3.63) is 29.8 Å². The summed E-state index contributed by atoms with van der Waals surface area (Å²) in [6.07, 6.45) is -0.615. The van der Waals surface area contributed by atoms with Crippen LogP contribution in [0.3, 0.4) is 0 Å². The van der Waals surface area contributed by atoms with Gasteiger partial charge in [0.25, 0.3) is 0 Å². The van der Waals surface area contributed by atoms with Gasteiger partial charge in [0.15, 0.2) is 0 Å². The van der Waals surface area contributed by atoms with E-state index in [0.29, 0.717) is 6.61 Å². The number of hydrogen-bond acceptors (Lipinski definition) is 4. The summed E-state index contributed by atoms with van der Waals surface area (Å²) in [5.41, 5.74) is 6.77. The van der Waals surface area contributed by atoms with Gasteiger partial charge in [-0.2, -0.15) is 0 Å². The van der Waals surface area contributed by atoms with E-state index in [9.17, 15) is 5.11 Å². The summed E-state index contributed by atoms with van der Waals surface area (Å²) in [7, 11) is 0. The third-order valence-electron chi connectivity index (χ3n) is 2.36. The molecule has 0 spiro atoms. The molecule has 0 aliphatic rings. The summed E-state index contributed by atoms with van der Waals surface area (Å²) in [5.74, 6) is 0.720. The highest BCUT2D eigenvalue weighted by atomic mass is 16.5. The lowest BCUT2D eigenvalue weighted by atomic mass is 10.1. The average molecular weight is 239 g/mol. The Kier molecular flexibility index (Phi) is 5.97. The highest BCUT2D eigenvalue weighted by Crippen LogP contribution is 2.23. The van der Waals surface area contributed by atoms with Crippen LogP contribution in [0.2, 0.25) is 0 Å². The Morgan fingerprint density at radius 3 is 2.65 bits per heavy atom. The molecule has 4 heteroatoms. The molecule has 1 unspecified atom stereocenters. The van der Waals surface area contributed by atoms with Gasteiger partial charge in [0.2, 0.25) is 0 Å². The Labute approximate surface area is 102 Å². The van der Waals surface area contributed by atoms with Crippen LogP contribution in [0.5, 0.6) is 5.75 Å². The normalized spacial score (nSPS) is 14.4. The number of aliphatic hydroxyl groups is 1. The Hall–Kier alpha value is -1.10. The first-order valence-electron chi connectivity index (χ1n) is 5.88. The molecule has 3 N–H and O–H groups in total. The summed E-state index contributed by atoms with van der Waals surface area (Å²) in [4.78, 5) is 0. The van der Waals surface area contributed by atoms with Crippen molar-refractivity contribution in [3.63, 3.8) is 0 Å². The Morgan fingerprint density at radius 2 is 2.00 bits per heavy atom. The topological polar surface area (TPSA) is 64.7 Å². The van der Waals surface area contributed by atoms with Crippen LogP contribution in [0.1, 0.15) is 25.5 Å². The second-order valence-electron chi connectivity index (χ2n) is 3.95. The van der Waals surface area contributed by atoms with E-state index >= 15 is 0 Å². The molecule has 0 amide bonds. The maximum atomic E-state index is 9.59. The van der Waals surface area contributed by atoms with Gasteiger partial charge in [0.1, 0.15) is 18.5 Å². The van der Waals surface area contributed by atoms with Gasteiger partial charge in [0.05, 0.1) is 6.61 Å². The molecule has 0 saturated carbocycles. The van der Waals surface area contributed by atoms with Gasteiger partial charge in [-0.1, -0.05) is 18.2 Å². The second kappa shape index (κ2) is 7.27. The summed E-state index contributed by atoms with van der Waals surface area (Å²) < 4.78 is 10.7. The molecule has 0 aliphatic carbocycles. The fourth-order valence-corrected chi connectivity index (χ4v) is 1.48. The van der Waals surface area contributed by atoms with E-state index in [1.54, 1.807) is 0 Å². The minimum Gasteiger partial charge on any atom is -0.490 e. The third kappa shape index (κ3) is 4.73. The third-order valence-corrected chi connectivity index (χ3v) is 2.36. The van der Waals surface area contributed by atoms with E-state index in [1.165, 1.54) is 0 Å². The number of nitrogens with two attached hydrogens (primary N) is 1. The largest absolute Gasteiger partial charge is 0.490 e. The number of ether oxygens (including phenoxy) is 2. The van der Waals surface area contributed by atoms with Crippen LogP contribution < -0.4 is 10.5 Å². The van der Waals surface area contributed by atoms with Crippen LogP contribution >= 0.6 is 0 Å². The number of benzene rings is 1. The van der Waals surface area contributed by atoms with Crippen LogP contribution in [-0.2, 0) is 4.74 Å². The lowest BCUT2D eigenvalue weighted by molar-refractivity contribution is 0.0162. The zero-order chi connectivity index (χ0) is 12.7. The lowest BCUT2D eigenvalue weighted by Crippen LogP contribution is -2.24. The maximum Gasteiger partial charge on any atom is 0.124 e. The molecule has 0 aromatic heterocycles. The standard InChI is InChI=1S/C13H21NO3/c1-3-16-8-11(15)9-17-13-7-5-4-6-12(13)10(2)14/h4-7,10-11,15H,3,8-9,14H2,1-2H3/t10-,11?/m1/s1. The molecule has 96 valence electrons. The highest BCUT2D eigenvalue weighted by Gasteiger charge is 2.10. The van der Waals surface area contributed by atoms with Gasteiger partial charge < -0.3 is 20.3 Å². The highest BCUT2D eigenvalue weighted by molar-refractivity contribution is 5.35. The molecule has 0 fully saturated rings. The minimum absolute atomic E-state index is 0.0877. The number of hydrogen-bond donors (Lipinski definition) is 2. The summed E-state index contributed by atoms with van der Waals surface area (Å²) in [6, 6.07) is 7.49. The van der Waals surface area contributed by atoms with Gasteiger partial charge in [-0.15, -0.1) is 0 Å². The van der Waals surface area contributed by atoms with E-state index in [4.69, 9.17) is 15.2 Å². The van der Waals surface area contributed by atoms with Crippen molar-refractivity contribution in [1.29, 1.82) is 0 Å². The Balaban J connectivity index is 2.51. The van der Waals surface area contributed by atoms with E-state index in [1.807, 2.05) is 38.1 Å². The molecule has 0 bridgehead atoms. The van der Waals surface area contributed by atoms with E-state index in [-0.39, 0.29) is 19.3 Å². The van der Waals surface area contributed by atoms with Crippen molar-refractivity contribution >= 4 is 0 Å². The minimum atomic E-state index is -0.615. The Bertz CT molecular complexity index is 328. The number of para-hydroxylation sites is 1. The van der Waals surface area contributed by atoms with Gasteiger partial charge in [-0.3, -0.25) is 0 Å². The fraction of sp³-hybridized carbons (Fsp3) is 0.538. The van der Waals surface area contributed by atoms with Gasteiger partial charge in [0, 0.05) is 18.2 Å². The van der Waals surface area contributed by atoms with Crippen LogP contribution in [0.25, 0.3) is 0 Å². The summed E-state index contributed by atoms with van der Waals surface area (Å²) in [6.45, 7) is 4.88. The quantitative estimate of drug-likeness (QED) is 0.756. The van der Waals surface area contributed by atoms with Gasteiger partial charge >= 0.3 is 0 Å². The fourth-order valence-electron chi connectivity index (χ4n) is 1.48.